The molecular weight excluding hydrogens is 549 g/mol. The number of sulfonamides is 1. The Labute approximate surface area is 228 Å². The van der Waals surface area contributed by atoms with Crippen molar-refractivity contribution >= 4 is 29.6 Å². The van der Waals surface area contributed by atoms with E-state index in [1.165, 1.54) is 24.3 Å². The number of phosphoric ester groups is 1. The molecule has 1 aliphatic rings. The first-order valence-corrected chi connectivity index (χ1v) is 15.4. The van der Waals surface area contributed by atoms with Crippen molar-refractivity contribution < 1.29 is 41.6 Å². The number of hydrogen-bond acceptors (Lipinski definition) is 8. The number of ether oxygens (including phenoxy) is 2. The van der Waals surface area contributed by atoms with Crippen LogP contribution in [0.5, 0.6) is 0 Å². The van der Waals surface area contributed by atoms with Crippen molar-refractivity contribution in [3.05, 3.63) is 60.2 Å². The van der Waals surface area contributed by atoms with Crippen LogP contribution in [0.4, 0.5) is 10.5 Å². The summed E-state index contributed by atoms with van der Waals surface area (Å²) in [5, 5.41) is 0. The molecule has 1 aliphatic heterocycles. The lowest BCUT2D eigenvalue weighted by Crippen LogP contribution is -2.59. The van der Waals surface area contributed by atoms with Crippen LogP contribution < -0.4 is 11.5 Å². The van der Waals surface area contributed by atoms with Crippen LogP contribution >= 0.6 is 7.82 Å². The lowest BCUT2D eigenvalue weighted by atomic mass is 9.77. The molecule has 1 saturated heterocycles. The Morgan fingerprint density at radius 1 is 1.15 bits per heavy atom. The van der Waals surface area contributed by atoms with E-state index < -0.39 is 48.1 Å². The van der Waals surface area contributed by atoms with Gasteiger partial charge in [-0.3, -0.25) is 4.52 Å². The molecule has 6 N–H and O–H groups in total. The smallest absolute Gasteiger partial charge is 0.439 e. The van der Waals surface area contributed by atoms with Crippen LogP contribution in [-0.2, 0) is 35.0 Å². The fourth-order valence-corrected chi connectivity index (χ4v) is 7.00. The number of nitrogen functional groups attached to an aromatic ring is 1. The van der Waals surface area contributed by atoms with E-state index in [2.05, 4.69) is 0 Å². The zero-order valence-corrected chi connectivity index (χ0v) is 23.6. The van der Waals surface area contributed by atoms with Crippen molar-refractivity contribution in [2.24, 2.45) is 17.6 Å². The van der Waals surface area contributed by atoms with Crippen LogP contribution in [0.15, 0.2) is 59.5 Å². The number of phosphoric acid groups is 1. The molecule has 216 valence electrons. The van der Waals surface area contributed by atoms with E-state index in [4.69, 9.17) is 25.5 Å². The number of nitrogens with zero attached hydrogens (tertiary/aromatic N) is 1. The summed E-state index contributed by atoms with van der Waals surface area (Å²) >= 11 is 0. The molecule has 3 atom stereocenters. The number of anilines is 1. The third-order valence-corrected chi connectivity index (χ3v) is 8.88. The maximum absolute atomic E-state index is 13.8. The molecular formula is C25H36N3O9PS. The average Bonchev–Trinajstić information content (AvgIpc) is 3.38. The van der Waals surface area contributed by atoms with Gasteiger partial charge in [-0.25, -0.2) is 17.8 Å². The molecule has 14 heteroatoms. The predicted octanol–water partition coefficient (Wildman–Crippen LogP) is 2.51. The highest BCUT2D eigenvalue weighted by Crippen LogP contribution is 2.46. The van der Waals surface area contributed by atoms with E-state index in [1.807, 2.05) is 0 Å². The van der Waals surface area contributed by atoms with Gasteiger partial charge in [0, 0.05) is 37.7 Å². The van der Waals surface area contributed by atoms with Crippen molar-refractivity contribution in [1.82, 2.24) is 4.31 Å². The highest BCUT2D eigenvalue weighted by Gasteiger charge is 2.54. The molecule has 1 fully saturated rings. The van der Waals surface area contributed by atoms with Gasteiger partial charge in [-0.1, -0.05) is 44.2 Å². The summed E-state index contributed by atoms with van der Waals surface area (Å²) in [6, 6.07) is 14.4. The van der Waals surface area contributed by atoms with Gasteiger partial charge in [-0.2, -0.15) is 4.31 Å². The largest absolute Gasteiger partial charge is 0.470 e. The van der Waals surface area contributed by atoms with Crippen LogP contribution in [0.2, 0.25) is 0 Å². The van der Waals surface area contributed by atoms with Gasteiger partial charge in [0.15, 0.2) is 5.60 Å². The summed E-state index contributed by atoms with van der Waals surface area (Å²) in [6.07, 6.45) is -2.53. The fraction of sp³-hybridized carbons (Fsp3) is 0.480. The highest BCUT2D eigenvalue weighted by molar-refractivity contribution is 7.89. The second-order valence-corrected chi connectivity index (χ2v) is 13.1. The fourth-order valence-electron chi connectivity index (χ4n) is 4.82. The molecule has 39 heavy (non-hydrogen) atoms. The molecule has 0 radical (unpaired) electrons. The summed E-state index contributed by atoms with van der Waals surface area (Å²) in [5.74, 6) is -0.790. The molecule has 0 unspecified atom stereocenters. The Bertz CT molecular complexity index is 1250. The van der Waals surface area contributed by atoms with Gasteiger partial charge in [0.05, 0.1) is 11.5 Å². The second kappa shape index (κ2) is 12.8. The Morgan fingerprint density at radius 2 is 1.79 bits per heavy atom. The molecule has 2 aromatic rings. The van der Waals surface area contributed by atoms with Gasteiger partial charge in [0.25, 0.3) is 0 Å². The van der Waals surface area contributed by atoms with Gasteiger partial charge in [-0.15, -0.1) is 0 Å². The average molecular weight is 586 g/mol. The van der Waals surface area contributed by atoms with Crippen molar-refractivity contribution in [1.29, 1.82) is 0 Å². The Kier molecular flexibility index (Phi) is 10.2. The minimum Gasteiger partial charge on any atom is -0.439 e. The molecule has 0 saturated carbocycles. The van der Waals surface area contributed by atoms with Crippen molar-refractivity contribution in [3.63, 3.8) is 0 Å². The zero-order chi connectivity index (χ0) is 28.8. The minimum absolute atomic E-state index is 0.0209. The summed E-state index contributed by atoms with van der Waals surface area (Å²) in [7, 11) is -9.45. The van der Waals surface area contributed by atoms with Crippen LogP contribution in [0.3, 0.4) is 0 Å². The first kappa shape index (κ1) is 31.0. The number of amides is 1. The third kappa shape index (κ3) is 8.24. The number of hydrogen-bond donors (Lipinski definition) is 4. The normalized spacial score (nSPS) is 18.7. The molecule has 0 aromatic heterocycles. The Balaban J connectivity index is 2.18. The summed E-state index contributed by atoms with van der Waals surface area (Å²) in [4.78, 5) is 32.1. The quantitative estimate of drug-likeness (QED) is 0.201. The predicted molar refractivity (Wildman–Crippen MR) is 144 cm³/mol. The van der Waals surface area contributed by atoms with Crippen molar-refractivity contribution in [2.75, 3.05) is 32.0 Å². The second-order valence-electron chi connectivity index (χ2n) is 9.97. The van der Waals surface area contributed by atoms with Gasteiger partial charge in [0.2, 0.25) is 10.0 Å². The molecule has 2 aromatic carbocycles. The Morgan fingerprint density at radius 3 is 2.31 bits per heavy atom. The monoisotopic (exact) mass is 585 g/mol. The molecule has 12 nitrogen and oxygen atoms in total. The molecule has 3 rings (SSSR count). The maximum atomic E-state index is 13.8. The van der Waals surface area contributed by atoms with E-state index in [0.29, 0.717) is 24.3 Å². The topological polar surface area (TPSA) is 192 Å². The van der Waals surface area contributed by atoms with Crippen LogP contribution in [0.25, 0.3) is 0 Å². The first-order valence-electron chi connectivity index (χ1n) is 12.4. The highest BCUT2D eigenvalue weighted by atomic mass is 32.2. The zero-order valence-electron chi connectivity index (χ0n) is 21.9. The molecule has 0 spiro atoms. The number of carbonyl (C=O) groups is 1. The molecule has 0 bridgehead atoms. The van der Waals surface area contributed by atoms with Crippen molar-refractivity contribution in [2.45, 2.75) is 43.3 Å². The van der Waals surface area contributed by atoms with Crippen molar-refractivity contribution in [3.8, 4) is 0 Å². The molecule has 0 aliphatic carbocycles. The number of benzene rings is 2. The molecule has 1 heterocycles. The number of rotatable bonds is 13. The van der Waals surface area contributed by atoms with E-state index >= 15 is 0 Å². The van der Waals surface area contributed by atoms with Gasteiger partial charge >= 0.3 is 13.9 Å². The summed E-state index contributed by atoms with van der Waals surface area (Å²) < 4.78 is 57.5. The first-order chi connectivity index (χ1) is 18.2. The van der Waals surface area contributed by atoms with Crippen LogP contribution in [0, 0.1) is 11.8 Å². The third-order valence-electron chi connectivity index (χ3n) is 6.50. The number of nitrogens with two attached hydrogens (primary N) is 2. The van der Waals surface area contributed by atoms with E-state index in [1.54, 1.807) is 44.2 Å². The lowest BCUT2D eigenvalue weighted by molar-refractivity contribution is -0.116. The van der Waals surface area contributed by atoms with Gasteiger partial charge in [0.1, 0.15) is 6.10 Å². The standard InChI is InChI=1S/C25H36N3O9PS/c1-18(2)15-28(39(33,34)22-10-8-21(26)9-11-22)16-23(37-38(30,31)32)25(36-24(27)29,20-12-13-35-17-20)14-19-6-4-3-5-7-19/h3-11,18,20,23H,12-17,26H2,1-2H3,(H2,27,29)(H2,30,31,32)/t20-,23+,25+/m0/s1. The summed E-state index contributed by atoms with van der Waals surface area (Å²) in [5.41, 5.74) is 10.5. The van der Waals surface area contributed by atoms with Gasteiger partial charge < -0.3 is 30.7 Å². The SMILES string of the molecule is CC(C)CN(C[C@@H](OP(=O)(O)O)[C@](Cc1ccccc1)(OC(N)=O)[C@H]1CCOC1)S(=O)(=O)c1ccc(N)cc1. The van der Waals surface area contributed by atoms with Crippen LogP contribution in [-0.4, -0.2) is 66.6 Å². The Hall–Kier alpha value is -2.51. The van der Waals surface area contributed by atoms with E-state index in [-0.39, 0.29) is 30.4 Å². The maximum Gasteiger partial charge on any atom is 0.470 e. The van der Waals surface area contributed by atoms with Crippen LogP contribution in [0.1, 0.15) is 25.8 Å². The number of primary amides is 1. The minimum atomic E-state index is -5.24. The van der Waals surface area contributed by atoms with Gasteiger partial charge in [-0.05, 0) is 42.2 Å². The molecule has 1 amide bonds. The number of carbonyl (C=O) groups excluding carboxylic acids is 1. The van der Waals surface area contributed by atoms with E-state index in [9.17, 15) is 27.6 Å². The van der Waals surface area contributed by atoms with E-state index in [0.717, 1.165) is 4.31 Å². The lowest BCUT2D eigenvalue weighted by Gasteiger charge is -2.44. The summed E-state index contributed by atoms with van der Waals surface area (Å²) in [6.45, 7) is 3.40.